The van der Waals surface area contributed by atoms with Gasteiger partial charge in [0.05, 0.1) is 6.10 Å². The molecule has 0 saturated heterocycles. The van der Waals surface area contributed by atoms with E-state index in [4.69, 9.17) is 0 Å². The molecule has 1 aromatic rings. The van der Waals surface area contributed by atoms with E-state index in [1.807, 2.05) is 0 Å². The van der Waals surface area contributed by atoms with Crippen LogP contribution in [0.15, 0.2) is 18.2 Å². The fourth-order valence-electron chi connectivity index (χ4n) is 1.50. The summed E-state index contributed by atoms with van der Waals surface area (Å²) in [5, 5.41) is 20.1. The highest BCUT2D eigenvalue weighted by atomic mass is 79.9. The monoisotopic (exact) mass is 300 g/mol. The number of hydrogen-bond acceptors (Lipinski definition) is 4. The molecule has 5 heteroatoms. The molecule has 0 spiro atoms. The van der Waals surface area contributed by atoms with E-state index in [9.17, 15) is 19.8 Å². The standard InChI is InChI=1S/C12H13BrO4/c13-2-1-11(16)12(17)10-4-8(6-14)3-9(5-10)7-15/h3-7,11-12,16-17H,1-2H2. The van der Waals surface area contributed by atoms with Gasteiger partial charge in [-0.3, -0.25) is 9.59 Å². The van der Waals surface area contributed by atoms with Crippen molar-refractivity contribution in [2.45, 2.75) is 18.6 Å². The first-order chi connectivity index (χ1) is 8.12. The maximum absolute atomic E-state index is 10.7. The summed E-state index contributed by atoms with van der Waals surface area (Å²) < 4.78 is 0. The number of carbonyl (C=O) groups excluding carboxylic acids is 2. The van der Waals surface area contributed by atoms with Gasteiger partial charge in [0.1, 0.15) is 18.7 Å². The van der Waals surface area contributed by atoms with Crippen LogP contribution in [-0.2, 0) is 0 Å². The van der Waals surface area contributed by atoms with Crippen LogP contribution in [0.1, 0.15) is 38.8 Å². The third kappa shape index (κ3) is 3.73. The van der Waals surface area contributed by atoms with E-state index in [0.29, 0.717) is 41.0 Å². The number of aliphatic hydroxyl groups excluding tert-OH is 2. The summed E-state index contributed by atoms with van der Waals surface area (Å²) in [5.41, 5.74) is 0.967. The predicted molar refractivity (Wildman–Crippen MR) is 66.6 cm³/mol. The summed E-state index contributed by atoms with van der Waals surface area (Å²) in [6.45, 7) is 0. The van der Waals surface area contributed by atoms with E-state index in [2.05, 4.69) is 15.9 Å². The van der Waals surface area contributed by atoms with Crippen molar-refractivity contribution >= 4 is 28.5 Å². The minimum atomic E-state index is -1.11. The average Bonchev–Trinajstić information content (AvgIpc) is 2.37. The molecule has 0 aliphatic carbocycles. The van der Waals surface area contributed by atoms with Gasteiger partial charge in [-0.1, -0.05) is 15.9 Å². The van der Waals surface area contributed by atoms with Crippen molar-refractivity contribution in [1.29, 1.82) is 0 Å². The Hall–Kier alpha value is -1.04. The fourth-order valence-corrected chi connectivity index (χ4v) is 1.97. The van der Waals surface area contributed by atoms with Gasteiger partial charge in [-0.25, -0.2) is 0 Å². The van der Waals surface area contributed by atoms with Crippen LogP contribution in [0.4, 0.5) is 0 Å². The number of hydrogen-bond donors (Lipinski definition) is 2. The first kappa shape index (κ1) is 14.0. The number of aliphatic hydroxyl groups is 2. The van der Waals surface area contributed by atoms with Crippen LogP contribution in [-0.4, -0.2) is 34.2 Å². The average molecular weight is 301 g/mol. The lowest BCUT2D eigenvalue weighted by Gasteiger charge is -2.17. The number of halogens is 1. The largest absolute Gasteiger partial charge is 0.390 e. The molecular formula is C12H13BrO4. The fraction of sp³-hybridized carbons (Fsp3) is 0.333. The Labute approximate surface area is 107 Å². The molecule has 1 aromatic carbocycles. The molecule has 92 valence electrons. The van der Waals surface area contributed by atoms with Crippen molar-refractivity contribution in [3.05, 3.63) is 34.9 Å². The van der Waals surface area contributed by atoms with Gasteiger partial charge in [0.25, 0.3) is 0 Å². The molecule has 4 nitrogen and oxygen atoms in total. The summed E-state index contributed by atoms with van der Waals surface area (Å²) in [7, 11) is 0. The molecule has 0 saturated carbocycles. The quantitative estimate of drug-likeness (QED) is 0.616. The van der Waals surface area contributed by atoms with E-state index in [-0.39, 0.29) is 0 Å². The number of alkyl halides is 1. The summed E-state index contributed by atoms with van der Waals surface area (Å²) in [4.78, 5) is 21.4. The lowest BCUT2D eigenvalue weighted by Crippen LogP contribution is -2.19. The van der Waals surface area contributed by atoms with Gasteiger partial charge < -0.3 is 10.2 Å². The number of aldehydes is 2. The van der Waals surface area contributed by atoms with Crippen LogP contribution in [0, 0.1) is 0 Å². The topological polar surface area (TPSA) is 74.6 Å². The Morgan fingerprint density at radius 1 is 1.12 bits per heavy atom. The second-order valence-corrected chi connectivity index (χ2v) is 4.45. The van der Waals surface area contributed by atoms with Gasteiger partial charge in [0, 0.05) is 16.5 Å². The van der Waals surface area contributed by atoms with Crippen LogP contribution < -0.4 is 0 Å². The molecule has 0 amide bonds. The SMILES string of the molecule is O=Cc1cc(C=O)cc(C(O)C(O)CCBr)c1. The normalized spacial score (nSPS) is 14.1. The highest BCUT2D eigenvalue weighted by Crippen LogP contribution is 2.21. The molecule has 17 heavy (non-hydrogen) atoms. The zero-order chi connectivity index (χ0) is 12.8. The Bertz CT molecular complexity index is 379. The van der Waals surface area contributed by atoms with Crippen molar-refractivity contribution in [1.82, 2.24) is 0 Å². The first-order valence-electron chi connectivity index (χ1n) is 5.09. The van der Waals surface area contributed by atoms with Gasteiger partial charge in [-0.2, -0.15) is 0 Å². The summed E-state index contributed by atoms with van der Waals surface area (Å²) in [6.07, 6.45) is -0.467. The van der Waals surface area contributed by atoms with Crippen molar-refractivity contribution in [2.75, 3.05) is 5.33 Å². The first-order valence-corrected chi connectivity index (χ1v) is 6.22. The minimum Gasteiger partial charge on any atom is -0.390 e. The molecule has 0 aliphatic heterocycles. The molecule has 2 N–H and O–H groups in total. The van der Waals surface area contributed by atoms with E-state index < -0.39 is 12.2 Å². The zero-order valence-electron chi connectivity index (χ0n) is 9.04. The Morgan fingerprint density at radius 3 is 2.06 bits per heavy atom. The summed E-state index contributed by atoms with van der Waals surface area (Å²) in [6, 6.07) is 4.34. The van der Waals surface area contributed by atoms with Gasteiger partial charge in [0.2, 0.25) is 0 Å². The van der Waals surface area contributed by atoms with Gasteiger partial charge in [-0.15, -0.1) is 0 Å². The highest BCUT2D eigenvalue weighted by molar-refractivity contribution is 9.09. The maximum Gasteiger partial charge on any atom is 0.150 e. The number of rotatable bonds is 6. The highest BCUT2D eigenvalue weighted by Gasteiger charge is 2.18. The van der Waals surface area contributed by atoms with Gasteiger partial charge in [-0.05, 0) is 30.2 Å². The van der Waals surface area contributed by atoms with Gasteiger partial charge >= 0.3 is 0 Å². The zero-order valence-corrected chi connectivity index (χ0v) is 10.6. The Morgan fingerprint density at radius 2 is 1.65 bits per heavy atom. The van der Waals surface area contributed by atoms with Gasteiger partial charge in [0.15, 0.2) is 0 Å². The molecule has 0 bridgehead atoms. The summed E-state index contributed by atoms with van der Waals surface area (Å²) >= 11 is 3.16. The molecule has 2 atom stereocenters. The Balaban J connectivity index is 3.03. The van der Waals surface area contributed by atoms with Crippen LogP contribution >= 0.6 is 15.9 Å². The number of benzene rings is 1. The molecule has 2 unspecified atom stereocenters. The van der Waals surface area contributed by atoms with Crippen LogP contribution in [0.5, 0.6) is 0 Å². The second kappa shape index (κ2) is 6.64. The third-order valence-corrected chi connectivity index (χ3v) is 2.84. The number of carbonyl (C=O) groups is 2. The molecule has 0 fully saturated rings. The lowest BCUT2D eigenvalue weighted by atomic mass is 9.98. The molecule has 0 radical (unpaired) electrons. The molecule has 0 aromatic heterocycles. The Kier molecular flexibility index (Phi) is 5.47. The van der Waals surface area contributed by atoms with E-state index in [1.54, 1.807) is 0 Å². The predicted octanol–water partition coefficient (Wildman–Crippen LogP) is 1.49. The van der Waals surface area contributed by atoms with Crippen molar-refractivity contribution in [3.63, 3.8) is 0 Å². The van der Waals surface area contributed by atoms with Crippen LogP contribution in [0.25, 0.3) is 0 Å². The van der Waals surface area contributed by atoms with Crippen molar-refractivity contribution in [2.24, 2.45) is 0 Å². The molecule has 0 aliphatic rings. The van der Waals surface area contributed by atoms with E-state index in [1.165, 1.54) is 18.2 Å². The van der Waals surface area contributed by atoms with Crippen molar-refractivity contribution in [3.8, 4) is 0 Å². The second-order valence-electron chi connectivity index (χ2n) is 3.66. The lowest BCUT2D eigenvalue weighted by molar-refractivity contribution is 0.0173. The van der Waals surface area contributed by atoms with Crippen LogP contribution in [0.2, 0.25) is 0 Å². The molecule has 0 heterocycles. The van der Waals surface area contributed by atoms with Crippen LogP contribution in [0.3, 0.4) is 0 Å². The van der Waals surface area contributed by atoms with E-state index in [0.717, 1.165) is 0 Å². The summed E-state index contributed by atoms with van der Waals surface area (Å²) in [5.74, 6) is 0. The third-order valence-electron chi connectivity index (χ3n) is 2.38. The smallest absolute Gasteiger partial charge is 0.150 e. The minimum absolute atomic E-state index is 0.301. The van der Waals surface area contributed by atoms with Crippen molar-refractivity contribution < 1.29 is 19.8 Å². The van der Waals surface area contributed by atoms with E-state index >= 15 is 0 Å². The molecule has 1 rings (SSSR count). The maximum atomic E-state index is 10.7. The molecular weight excluding hydrogens is 288 g/mol.